The lowest BCUT2D eigenvalue weighted by atomic mass is 10.1. The normalized spacial score (nSPS) is 10.9. The molecule has 0 radical (unpaired) electrons. The second-order valence-electron chi connectivity index (χ2n) is 7.33. The molecule has 1 aromatic heterocycles. The average molecular weight is 400 g/mol. The quantitative estimate of drug-likeness (QED) is 0.421. The highest BCUT2D eigenvalue weighted by Gasteiger charge is 2.11. The molecule has 152 valence electrons. The third kappa shape index (κ3) is 4.20. The number of amides is 1. The molecule has 0 aliphatic heterocycles. The molecule has 1 N–H and O–H groups in total. The van der Waals surface area contributed by atoms with Crippen molar-refractivity contribution in [3.8, 4) is 17.2 Å². The Hall–Kier alpha value is -3.60. The molecule has 0 aliphatic carbocycles. The maximum atomic E-state index is 12.6. The molecule has 30 heavy (non-hydrogen) atoms. The van der Waals surface area contributed by atoms with E-state index in [-0.39, 0.29) is 5.91 Å². The van der Waals surface area contributed by atoms with Crippen molar-refractivity contribution in [2.24, 2.45) is 0 Å². The van der Waals surface area contributed by atoms with E-state index in [1.807, 2.05) is 55.5 Å². The van der Waals surface area contributed by atoms with Gasteiger partial charge in [0.05, 0.1) is 6.61 Å². The van der Waals surface area contributed by atoms with E-state index in [1.165, 1.54) is 11.1 Å². The Bertz CT molecular complexity index is 1150. The molecule has 5 heteroatoms. The Labute approximate surface area is 175 Å². The van der Waals surface area contributed by atoms with E-state index >= 15 is 0 Å². The Kier molecular flexibility index (Phi) is 5.53. The number of carbonyl (C=O) groups excluding carboxylic acids is 1. The molecule has 0 aliphatic rings. The van der Waals surface area contributed by atoms with Crippen molar-refractivity contribution < 1.29 is 13.9 Å². The lowest BCUT2D eigenvalue weighted by molar-refractivity contribution is 0.102. The summed E-state index contributed by atoms with van der Waals surface area (Å²) in [6.07, 6.45) is 0.919. The van der Waals surface area contributed by atoms with E-state index in [2.05, 4.69) is 24.1 Å². The van der Waals surface area contributed by atoms with Gasteiger partial charge in [-0.1, -0.05) is 13.0 Å². The molecule has 0 bridgehead atoms. The van der Waals surface area contributed by atoms with Gasteiger partial charge in [0.15, 0.2) is 5.58 Å². The molecule has 0 saturated heterocycles. The Morgan fingerprint density at radius 1 is 1.03 bits per heavy atom. The van der Waals surface area contributed by atoms with E-state index in [9.17, 15) is 4.79 Å². The second-order valence-corrected chi connectivity index (χ2v) is 7.33. The number of rotatable bonds is 6. The maximum absolute atomic E-state index is 12.6. The van der Waals surface area contributed by atoms with Crippen LogP contribution in [0, 0.1) is 13.8 Å². The summed E-state index contributed by atoms with van der Waals surface area (Å²) in [6.45, 7) is 6.79. The summed E-state index contributed by atoms with van der Waals surface area (Å²) in [7, 11) is 0. The molecule has 1 heterocycles. The molecular weight excluding hydrogens is 376 g/mol. The van der Waals surface area contributed by atoms with Crippen LogP contribution in [0.5, 0.6) is 5.75 Å². The number of ether oxygens (including phenoxy) is 1. The molecule has 0 fully saturated rings. The largest absolute Gasteiger partial charge is 0.494 e. The molecule has 3 aromatic carbocycles. The Morgan fingerprint density at radius 2 is 1.80 bits per heavy atom. The van der Waals surface area contributed by atoms with E-state index in [0.717, 1.165) is 23.1 Å². The third-order valence-electron chi connectivity index (χ3n) is 4.96. The van der Waals surface area contributed by atoms with Gasteiger partial charge in [-0.15, -0.1) is 0 Å². The molecular formula is C25H24N2O3. The number of aromatic nitrogens is 1. The fourth-order valence-corrected chi connectivity index (χ4v) is 3.15. The summed E-state index contributed by atoms with van der Waals surface area (Å²) in [5.74, 6) is 1.08. The van der Waals surface area contributed by atoms with Crippen LogP contribution in [-0.2, 0) is 0 Å². The Morgan fingerprint density at radius 3 is 2.57 bits per heavy atom. The van der Waals surface area contributed by atoms with Crippen molar-refractivity contribution in [1.29, 1.82) is 0 Å². The topological polar surface area (TPSA) is 64.4 Å². The standard InChI is InChI=1S/C25H24N2O3/c1-4-12-29-21-7-5-6-19(15-21)24(28)26-20-10-8-18(9-11-20)25-27-22-13-16(2)17(3)14-23(22)30-25/h5-11,13-15H,4,12H2,1-3H3,(H,26,28). The minimum atomic E-state index is -0.183. The zero-order chi connectivity index (χ0) is 21.1. The maximum Gasteiger partial charge on any atom is 0.255 e. The summed E-state index contributed by atoms with van der Waals surface area (Å²) >= 11 is 0. The first-order valence-electron chi connectivity index (χ1n) is 10.1. The SMILES string of the molecule is CCCOc1cccc(C(=O)Nc2ccc(-c3nc4cc(C)c(C)cc4o3)cc2)c1. The smallest absolute Gasteiger partial charge is 0.255 e. The summed E-state index contributed by atoms with van der Waals surface area (Å²) in [5.41, 5.74) is 6.08. The van der Waals surface area contributed by atoms with Gasteiger partial charge in [-0.05, 0) is 86.0 Å². The van der Waals surface area contributed by atoms with Gasteiger partial charge in [0.2, 0.25) is 5.89 Å². The number of oxazole rings is 1. The highest BCUT2D eigenvalue weighted by Crippen LogP contribution is 2.27. The van der Waals surface area contributed by atoms with Gasteiger partial charge in [-0.25, -0.2) is 4.98 Å². The summed E-state index contributed by atoms with van der Waals surface area (Å²) in [6, 6.07) is 18.7. The lowest BCUT2D eigenvalue weighted by Gasteiger charge is -2.08. The predicted molar refractivity (Wildman–Crippen MR) is 119 cm³/mol. The van der Waals surface area contributed by atoms with Crippen LogP contribution in [0.25, 0.3) is 22.6 Å². The molecule has 0 atom stereocenters. The predicted octanol–water partition coefficient (Wildman–Crippen LogP) is 6.15. The van der Waals surface area contributed by atoms with Crippen molar-refractivity contribution in [2.75, 3.05) is 11.9 Å². The van der Waals surface area contributed by atoms with Crippen LogP contribution in [0.4, 0.5) is 5.69 Å². The number of hydrogen-bond donors (Lipinski definition) is 1. The van der Waals surface area contributed by atoms with E-state index < -0.39 is 0 Å². The molecule has 4 rings (SSSR count). The van der Waals surface area contributed by atoms with Crippen LogP contribution in [0.15, 0.2) is 65.1 Å². The lowest BCUT2D eigenvalue weighted by Crippen LogP contribution is -2.12. The molecule has 4 aromatic rings. The molecule has 0 spiro atoms. The van der Waals surface area contributed by atoms with Crippen LogP contribution < -0.4 is 10.1 Å². The summed E-state index contributed by atoms with van der Waals surface area (Å²) < 4.78 is 11.5. The fourth-order valence-electron chi connectivity index (χ4n) is 3.15. The molecule has 0 saturated carbocycles. The van der Waals surface area contributed by atoms with Gasteiger partial charge in [0.25, 0.3) is 5.91 Å². The van der Waals surface area contributed by atoms with Crippen LogP contribution in [0.2, 0.25) is 0 Å². The van der Waals surface area contributed by atoms with Gasteiger partial charge >= 0.3 is 0 Å². The first-order valence-corrected chi connectivity index (χ1v) is 10.1. The van der Waals surface area contributed by atoms with Crippen LogP contribution in [0.1, 0.15) is 34.8 Å². The Balaban J connectivity index is 1.49. The number of fused-ring (bicyclic) bond motifs is 1. The van der Waals surface area contributed by atoms with Gasteiger partial charge in [0, 0.05) is 16.8 Å². The van der Waals surface area contributed by atoms with E-state index in [4.69, 9.17) is 9.15 Å². The van der Waals surface area contributed by atoms with Crippen LogP contribution in [0.3, 0.4) is 0 Å². The number of anilines is 1. The van der Waals surface area contributed by atoms with Gasteiger partial charge in [-0.2, -0.15) is 0 Å². The number of aryl methyl sites for hydroxylation is 2. The summed E-state index contributed by atoms with van der Waals surface area (Å²) in [4.78, 5) is 17.2. The molecule has 5 nitrogen and oxygen atoms in total. The van der Waals surface area contributed by atoms with Crippen molar-refractivity contribution >= 4 is 22.7 Å². The zero-order valence-corrected chi connectivity index (χ0v) is 17.4. The van der Waals surface area contributed by atoms with Crippen LogP contribution in [-0.4, -0.2) is 17.5 Å². The number of hydrogen-bond acceptors (Lipinski definition) is 4. The van der Waals surface area contributed by atoms with Crippen molar-refractivity contribution in [2.45, 2.75) is 27.2 Å². The highest BCUT2D eigenvalue weighted by atomic mass is 16.5. The minimum absolute atomic E-state index is 0.183. The van der Waals surface area contributed by atoms with Gasteiger partial charge in [-0.3, -0.25) is 4.79 Å². The van der Waals surface area contributed by atoms with Crippen molar-refractivity contribution in [1.82, 2.24) is 4.98 Å². The summed E-state index contributed by atoms with van der Waals surface area (Å²) in [5, 5.41) is 2.92. The molecule has 1 amide bonds. The number of benzene rings is 3. The number of carbonyl (C=O) groups is 1. The van der Waals surface area contributed by atoms with Crippen LogP contribution >= 0.6 is 0 Å². The minimum Gasteiger partial charge on any atom is -0.494 e. The van der Waals surface area contributed by atoms with Crippen molar-refractivity contribution in [3.63, 3.8) is 0 Å². The first-order chi connectivity index (χ1) is 14.5. The average Bonchev–Trinajstić information content (AvgIpc) is 3.16. The number of nitrogens with one attached hydrogen (secondary N) is 1. The second kappa shape index (κ2) is 8.41. The monoisotopic (exact) mass is 400 g/mol. The van der Waals surface area contributed by atoms with Gasteiger partial charge in [0.1, 0.15) is 11.3 Å². The first kappa shape index (κ1) is 19.7. The zero-order valence-electron chi connectivity index (χ0n) is 17.4. The van der Waals surface area contributed by atoms with E-state index in [1.54, 1.807) is 12.1 Å². The third-order valence-corrected chi connectivity index (χ3v) is 4.96. The fraction of sp³-hybridized carbons (Fsp3) is 0.200. The van der Waals surface area contributed by atoms with Crippen molar-refractivity contribution in [3.05, 3.63) is 77.4 Å². The highest BCUT2D eigenvalue weighted by molar-refractivity contribution is 6.04. The molecule has 0 unspecified atom stereocenters. The number of nitrogens with zero attached hydrogens (tertiary/aromatic N) is 1. The van der Waals surface area contributed by atoms with Gasteiger partial charge < -0.3 is 14.5 Å². The van der Waals surface area contributed by atoms with E-state index in [0.29, 0.717) is 29.5 Å².